The summed E-state index contributed by atoms with van der Waals surface area (Å²) in [5, 5.41) is 12.5. The van der Waals surface area contributed by atoms with Gasteiger partial charge in [-0.25, -0.2) is 14.4 Å². The van der Waals surface area contributed by atoms with Crippen molar-refractivity contribution in [3.63, 3.8) is 0 Å². The second-order valence-electron chi connectivity index (χ2n) is 7.62. The smallest absolute Gasteiger partial charge is 0.269 e. The zero-order valence-corrected chi connectivity index (χ0v) is 18.4. The Kier molecular flexibility index (Phi) is 5.18. The van der Waals surface area contributed by atoms with Crippen molar-refractivity contribution in [2.45, 2.75) is 12.1 Å². The van der Waals surface area contributed by atoms with Crippen molar-refractivity contribution in [2.24, 2.45) is 5.92 Å². The highest BCUT2D eigenvalue weighted by Gasteiger charge is 2.60. The molecule has 2 saturated heterocycles. The maximum atomic E-state index is 13.9. The lowest BCUT2D eigenvalue weighted by molar-refractivity contribution is -0.384. The van der Waals surface area contributed by atoms with Gasteiger partial charge in [0.05, 0.1) is 26.8 Å². The number of rotatable bonds is 4. The SMILES string of the molecule is O=C1C2ON(c3ccccc3)C(c3ccc(F)c(Br)c3)C2C(=O)N1c1ccc([N+](=O)[O-])cc1. The molecule has 0 spiro atoms. The highest BCUT2D eigenvalue weighted by molar-refractivity contribution is 9.10. The third-order valence-corrected chi connectivity index (χ3v) is 6.34. The predicted octanol–water partition coefficient (Wildman–Crippen LogP) is 4.55. The number of hydroxylamine groups is 1. The molecule has 0 bridgehead atoms. The average molecular weight is 512 g/mol. The van der Waals surface area contributed by atoms with E-state index in [1.807, 2.05) is 6.07 Å². The molecule has 3 unspecified atom stereocenters. The van der Waals surface area contributed by atoms with E-state index in [1.54, 1.807) is 36.4 Å². The Labute approximate surface area is 195 Å². The molecule has 2 aliphatic heterocycles. The van der Waals surface area contributed by atoms with Gasteiger partial charge >= 0.3 is 0 Å². The summed E-state index contributed by atoms with van der Waals surface area (Å²) in [5.41, 5.74) is 1.30. The lowest BCUT2D eigenvalue weighted by atomic mass is 9.90. The summed E-state index contributed by atoms with van der Waals surface area (Å²) in [6.45, 7) is 0. The minimum absolute atomic E-state index is 0.154. The van der Waals surface area contributed by atoms with Crippen molar-refractivity contribution in [3.8, 4) is 0 Å². The molecule has 0 N–H and O–H groups in total. The number of nitrogens with zero attached hydrogens (tertiary/aromatic N) is 3. The third kappa shape index (κ3) is 3.47. The van der Waals surface area contributed by atoms with E-state index in [4.69, 9.17) is 4.84 Å². The fourth-order valence-electron chi connectivity index (χ4n) is 4.23. The summed E-state index contributed by atoms with van der Waals surface area (Å²) in [4.78, 5) is 44.1. The second kappa shape index (κ2) is 8.05. The Morgan fingerprint density at radius 2 is 1.64 bits per heavy atom. The monoisotopic (exact) mass is 511 g/mol. The minimum atomic E-state index is -1.10. The van der Waals surface area contributed by atoms with E-state index in [1.165, 1.54) is 35.4 Å². The Morgan fingerprint density at radius 3 is 2.27 bits per heavy atom. The minimum Gasteiger partial charge on any atom is -0.273 e. The number of hydrogen-bond acceptors (Lipinski definition) is 6. The molecule has 3 aromatic carbocycles. The molecule has 0 aliphatic carbocycles. The van der Waals surface area contributed by atoms with E-state index in [2.05, 4.69) is 15.9 Å². The number of fused-ring (bicyclic) bond motifs is 1. The largest absolute Gasteiger partial charge is 0.273 e. The molecule has 166 valence electrons. The number of nitro benzene ring substituents is 1. The number of imide groups is 1. The standard InChI is InChI=1S/C23H15BrFN3O5/c24-17-12-13(6-11-18(17)25)20-19-21(33-27(20)15-4-2-1-3-5-15)23(30)26(22(19)29)14-7-9-16(10-8-14)28(31)32/h1-12,19-21H. The van der Waals surface area contributed by atoms with Gasteiger partial charge in [-0.15, -0.1) is 0 Å². The van der Waals surface area contributed by atoms with Crippen molar-refractivity contribution < 1.29 is 23.7 Å². The van der Waals surface area contributed by atoms with E-state index >= 15 is 0 Å². The first kappa shape index (κ1) is 21.2. The number of anilines is 2. The molecule has 5 rings (SSSR count). The van der Waals surface area contributed by atoms with Crippen LogP contribution in [-0.4, -0.2) is 22.8 Å². The van der Waals surface area contributed by atoms with Gasteiger partial charge in [-0.05, 0) is 57.9 Å². The average Bonchev–Trinajstić information content (AvgIpc) is 3.32. The topological polar surface area (TPSA) is 93.0 Å². The number of hydrogen-bond donors (Lipinski definition) is 0. The number of benzene rings is 3. The van der Waals surface area contributed by atoms with Crippen LogP contribution in [0, 0.1) is 21.8 Å². The molecule has 33 heavy (non-hydrogen) atoms. The number of amides is 2. The summed E-state index contributed by atoms with van der Waals surface area (Å²) >= 11 is 3.18. The van der Waals surface area contributed by atoms with Gasteiger partial charge < -0.3 is 0 Å². The summed E-state index contributed by atoms with van der Waals surface area (Å²) in [6, 6.07) is 17.9. The van der Waals surface area contributed by atoms with Crippen LogP contribution in [0.2, 0.25) is 0 Å². The van der Waals surface area contributed by atoms with Gasteiger partial charge in [0.25, 0.3) is 11.6 Å². The van der Waals surface area contributed by atoms with Crippen LogP contribution in [0.3, 0.4) is 0 Å². The van der Waals surface area contributed by atoms with Crippen LogP contribution in [0.4, 0.5) is 21.5 Å². The highest BCUT2D eigenvalue weighted by atomic mass is 79.9. The first-order chi connectivity index (χ1) is 15.9. The van der Waals surface area contributed by atoms with Crippen molar-refractivity contribution in [3.05, 3.63) is 98.8 Å². The normalized spacial score (nSPS) is 22.1. The third-order valence-electron chi connectivity index (χ3n) is 5.73. The van der Waals surface area contributed by atoms with Gasteiger partial charge in [-0.1, -0.05) is 24.3 Å². The van der Waals surface area contributed by atoms with E-state index in [-0.39, 0.29) is 15.8 Å². The fourth-order valence-corrected chi connectivity index (χ4v) is 4.62. The summed E-state index contributed by atoms with van der Waals surface area (Å²) in [6.07, 6.45) is -1.10. The van der Waals surface area contributed by atoms with Gasteiger partial charge in [-0.3, -0.25) is 24.5 Å². The van der Waals surface area contributed by atoms with Gasteiger partial charge in [0.2, 0.25) is 5.91 Å². The molecular weight excluding hydrogens is 497 g/mol. The van der Waals surface area contributed by atoms with Gasteiger partial charge in [0.1, 0.15) is 11.7 Å². The first-order valence-corrected chi connectivity index (χ1v) is 10.7. The molecule has 2 heterocycles. The fraction of sp³-hybridized carbons (Fsp3) is 0.130. The zero-order chi connectivity index (χ0) is 23.3. The molecule has 2 aliphatic rings. The van der Waals surface area contributed by atoms with Crippen LogP contribution >= 0.6 is 15.9 Å². The molecule has 2 amide bonds. The van der Waals surface area contributed by atoms with Crippen LogP contribution in [0.25, 0.3) is 0 Å². The molecule has 2 fully saturated rings. The zero-order valence-electron chi connectivity index (χ0n) is 16.8. The van der Waals surface area contributed by atoms with Crippen molar-refractivity contribution >= 4 is 44.8 Å². The number of carbonyl (C=O) groups excluding carboxylic acids is 2. The van der Waals surface area contributed by atoms with Gasteiger partial charge in [-0.2, -0.15) is 0 Å². The number of non-ortho nitro benzene ring substituents is 1. The van der Waals surface area contributed by atoms with Gasteiger partial charge in [0, 0.05) is 12.1 Å². The number of carbonyl (C=O) groups is 2. The van der Waals surface area contributed by atoms with Crippen molar-refractivity contribution in [1.82, 2.24) is 0 Å². The van der Waals surface area contributed by atoms with Crippen molar-refractivity contribution in [1.29, 1.82) is 0 Å². The Balaban J connectivity index is 1.57. The molecule has 0 saturated carbocycles. The van der Waals surface area contributed by atoms with Crippen LogP contribution in [-0.2, 0) is 14.4 Å². The first-order valence-electron chi connectivity index (χ1n) is 9.95. The second-order valence-corrected chi connectivity index (χ2v) is 8.47. The van der Waals surface area contributed by atoms with Crippen LogP contribution < -0.4 is 9.96 Å². The van der Waals surface area contributed by atoms with Crippen LogP contribution in [0.1, 0.15) is 11.6 Å². The number of nitro groups is 1. The van der Waals surface area contributed by atoms with Gasteiger partial charge in [0.15, 0.2) is 6.10 Å². The molecule has 3 aromatic rings. The molecule has 8 nitrogen and oxygen atoms in total. The van der Waals surface area contributed by atoms with E-state index in [0.29, 0.717) is 11.3 Å². The number of halogens is 2. The van der Waals surface area contributed by atoms with Crippen LogP contribution in [0.5, 0.6) is 0 Å². The Morgan fingerprint density at radius 1 is 0.939 bits per heavy atom. The number of para-hydroxylation sites is 1. The Bertz CT molecular complexity index is 1270. The molecule has 10 heteroatoms. The maximum Gasteiger partial charge on any atom is 0.269 e. The molecule has 0 radical (unpaired) electrons. The predicted molar refractivity (Wildman–Crippen MR) is 120 cm³/mol. The quantitative estimate of drug-likeness (QED) is 0.290. The van der Waals surface area contributed by atoms with Crippen LogP contribution in [0.15, 0.2) is 77.3 Å². The lowest BCUT2D eigenvalue weighted by Crippen LogP contribution is -2.37. The highest BCUT2D eigenvalue weighted by Crippen LogP contribution is 2.48. The van der Waals surface area contributed by atoms with E-state index in [0.717, 1.165) is 4.90 Å². The molecule has 0 aromatic heterocycles. The van der Waals surface area contributed by atoms with E-state index < -0.39 is 40.6 Å². The summed E-state index contributed by atoms with van der Waals surface area (Å²) in [7, 11) is 0. The summed E-state index contributed by atoms with van der Waals surface area (Å²) < 4.78 is 14.1. The maximum absolute atomic E-state index is 13.9. The summed E-state index contributed by atoms with van der Waals surface area (Å²) in [5.74, 6) is -2.42. The lowest BCUT2D eigenvalue weighted by Gasteiger charge is -2.28. The Hall–Kier alpha value is -3.63. The van der Waals surface area contributed by atoms with Crippen molar-refractivity contribution in [2.75, 3.05) is 9.96 Å². The molecular formula is C23H15BrFN3O5. The van der Waals surface area contributed by atoms with E-state index in [9.17, 15) is 24.1 Å². The molecule has 3 atom stereocenters.